The first-order valence-electron chi connectivity index (χ1n) is 9.69. The normalized spacial score (nSPS) is 10.9. The fourth-order valence-electron chi connectivity index (χ4n) is 2.85. The van der Waals surface area contributed by atoms with Crippen molar-refractivity contribution in [1.29, 1.82) is 5.26 Å². The van der Waals surface area contributed by atoms with Crippen LogP contribution in [0, 0.1) is 11.3 Å². The highest BCUT2D eigenvalue weighted by molar-refractivity contribution is 9.10. The van der Waals surface area contributed by atoms with Crippen LogP contribution in [0.15, 0.2) is 76.8 Å². The van der Waals surface area contributed by atoms with Crippen LogP contribution in [0.25, 0.3) is 6.08 Å². The molecule has 0 aliphatic carbocycles. The monoisotopic (exact) mass is 510 g/mol. The van der Waals surface area contributed by atoms with Crippen molar-refractivity contribution in [2.75, 3.05) is 7.11 Å². The molecular weight excluding hydrogens is 492 g/mol. The van der Waals surface area contributed by atoms with E-state index in [-0.39, 0.29) is 5.57 Å². The second-order valence-corrected chi connectivity index (χ2v) is 8.07. The van der Waals surface area contributed by atoms with E-state index in [1.165, 1.54) is 13.2 Å². The number of nitrogens with one attached hydrogen (secondary N) is 1. The maximum atomic E-state index is 12.5. The van der Waals surface area contributed by atoms with Crippen LogP contribution in [0.1, 0.15) is 16.7 Å². The Kier molecular flexibility index (Phi) is 8.32. The zero-order chi connectivity index (χ0) is 22.9. The third-order valence-electron chi connectivity index (χ3n) is 4.55. The zero-order valence-electron chi connectivity index (χ0n) is 17.3. The Morgan fingerprint density at radius 3 is 2.47 bits per heavy atom. The standard InChI is InChI=1S/C25H20BrClN2O3/c1-31-23-12-19(11-20(14-28)25(30)29-15-17-5-3-2-4-6-17)22(26)13-24(23)32-16-18-7-9-21(27)10-8-18/h2-13H,15-16H2,1H3,(H,29,30). The van der Waals surface area contributed by atoms with Crippen LogP contribution in [0.2, 0.25) is 5.02 Å². The number of hydrogen-bond acceptors (Lipinski definition) is 4. The Morgan fingerprint density at radius 2 is 1.81 bits per heavy atom. The van der Waals surface area contributed by atoms with Crippen LogP contribution in [-0.4, -0.2) is 13.0 Å². The summed E-state index contributed by atoms with van der Waals surface area (Å²) in [5.74, 6) is 0.555. The lowest BCUT2D eigenvalue weighted by atomic mass is 10.1. The van der Waals surface area contributed by atoms with E-state index >= 15 is 0 Å². The van der Waals surface area contributed by atoms with Crippen LogP contribution in [-0.2, 0) is 17.9 Å². The maximum Gasteiger partial charge on any atom is 0.262 e. The van der Waals surface area contributed by atoms with Gasteiger partial charge in [-0.15, -0.1) is 0 Å². The predicted octanol–water partition coefficient (Wildman–Crippen LogP) is 5.91. The topological polar surface area (TPSA) is 71.3 Å². The van der Waals surface area contributed by atoms with E-state index in [9.17, 15) is 10.1 Å². The van der Waals surface area contributed by atoms with E-state index < -0.39 is 5.91 Å². The molecule has 1 N–H and O–H groups in total. The van der Waals surface area contributed by atoms with Crippen molar-refractivity contribution < 1.29 is 14.3 Å². The highest BCUT2D eigenvalue weighted by Gasteiger charge is 2.14. The summed E-state index contributed by atoms with van der Waals surface area (Å²) in [5.41, 5.74) is 2.51. The number of nitrogens with zero attached hydrogens (tertiary/aromatic N) is 1. The fraction of sp³-hybridized carbons (Fsp3) is 0.120. The van der Waals surface area contributed by atoms with E-state index in [0.717, 1.165) is 11.1 Å². The van der Waals surface area contributed by atoms with Gasteiger partial charge in [0.2, 0.25) is 0 Å². The third kappa shape index (κ3) is 6.36. The minimum atomic E-state index is -0.453. The molecule has 0 aliphatic rings. The number of ether oxygens (including phenoxy) is 2. The van der Waals surface area contributed by atoms with E-state index in [1.54, 1.807) is 24.3 Å². The van der Waals surface area contributed by atoms with Crippen molar-refractivity contribution in [3.8, 4) is 17.6 Å². The molecule has 3 rings (SSSR count). The lowest BCUT2D eigenvalue weighted by molar-refractivity contribution is -0.117. The number of nitriles is 1. The molecule has 0 atom stereocenters. The van der Waals surface area contributed by atoms with Crippen molar-refractivity contribution in [3.05, 3.63) is 98.5 Å². The Labute approximate surface area is 200 Å². The van der Waals surface area contributed by atoms with E-state index in [2.05, 4.69) is 21.2 Å². The summed E-state index contributed by atoms with van der Waals surface area (Å²) in [7, 11) is 1.53. The molecule has 0 aromatic heterocycles. The summed E-state index contributed by atoms with van der Waals surface area (Å²) >= 11 is 9.41. The van der Waals surface area contributed by atoms with Crippen LogP contribution in [0.3, 0.4) is 0 Å². The number of carbonyl (C=O) groups excluding carboxylic acids is 1. The Morgan fingerprint density at radius 1 is 1.09 bits per heavy atom. The van der Waals surface area contributed by atoms with E-state index in [0.29, 0.717) is 39.7 Å². The molecule has 0 aliphatic heterocycles. The molecule has 1 amide bonds. The summed E-state index contributed by atoms with van der Waals surface area (Å²) in [5, 5.41) is 12.9. The van der Waals surface area contributed by atoms with Gasteiger partial charge in [0.25, 0.3) is 5.91 Å². The van der Waals surface area contributed by atoms with Crippen LogP contribution >= 0.6 is 27.5 Å². The summed E-state index contributed by atoms with van der Waals surface area (Å²) < 4.78 is 12.0. The number of benzene rings is 3. The Hall–Kier alpha value is -3.27. The molecule has 32 heavy (non-hydrogen) atoms. The molecule has 0 bridgehead atoms. The summed E-state index contributed by atoms with van der Waals surface area (Å²) in [6.07, 6.45) is 1.51. The molecule has 162 valence electrons. The SMILES string of the molecule is COc1cc(C=C(C#N)C(=O)NCc2ccccc2)c(Br)cc1OCc1ccc(Cl)cc1. The van der Waals surface area contributed by atoms with Gasteiger partial charge >= 0.3 is 0 Å². The highest BCUT2D eigenvalue weighted by Crippen LogP contribution is 2.35. The minimum absolute atomic E-state index is 0.0153. The first kappa shape index (κ1) is 23.4. The van der Waals surface area contributed by atoms with Crippen molar-refractivity contribution in [2.45, 2.75) is 13.2 Å². The predicted molar refractivity (Wildman–Crippen MR) is 128 cm³/mol. The molecule has 0 radical (unpaired) electrons. The second kappa shape index (κ2) is 11.4. The summed E-state index contributed by atoms with van der Waals surface area (Å²) in [6.45, 7) is 0.668. The van der Waals surface area contributed by atoms with Gasteiger partial charge in [0, 0.05) is 16.0 Å². The zero-order valence-corrected chi connectivity index (χ0v) is 19.6. The number of rotatable bonds is 8. The number of amides is 1. The average Bonchev–Trinajstić information content (AvgIpc) is 2.82. The Bertz CT molecular complexity index is 1160. The van der Waals surface area contributed by atoms with E-state index in [1.807, 2.05) is 48.5 Å². The molecule has 0 fully saturated rings. The van der Waals surface area contributed by atoms with Crippen molar-refractivity contribution in [3.63, 3.8) is 0 Å². The fourth-order valence-corrected chi connectivity index (χ4v) is 3.42. The highest BCUT2D eigenvalue weighted by atomic mass is 79.9. The van der Waals surface area contributed by atoms with Gasteiger partial charge < -0.3 is 14.8 Å². The minimum Gasteiger partial charge on any atom is -0.493 e. The molecule has 0 unspecified atom stereocenters. The first-order chi connectivity index (χ1) is 15.5. The van der Waals surface area contributed by atoms with Crippen molar-refractivity contribution in [2.24, 2.45) is 0 Å². The maximum absolute atomic E-state index is 12.5. The quantitative estimate of drug-likeness (QED) is 0.301. The molecular formula is C25H20BrClN2O3. The van der Waals surface area contributed by atoms with Gasteiger partial charge in [0.1, 0.15) is 18.2 Å². The number of hydrogen-bond donors (Lipinski definition) is 1. The number of halogens is 2. The van der Waals surface area contributed by atoms with Gasteiger partial charge in [0.05, 0.1) is 7.11 Å². The molecule has 0 saturated heterocycles. The average molecular weight is 512 g/mol. The molecule has 3 aromatic carbocycles. The molecule has 7 heteroatoms. The summed E-state index contributed by atoms with van der Waals surface area (Å²) in [4.78, 5) is 12.5. The molecule has 3 aromatic rings. The van der Waals surface area contributed by atoms with Gasteiger partial charge in [-0.05, 0) is 47.0 Å². The number of methoxy groups -OCH3 is 1. The van der Waals surface area contributed by atoms with Crippen LogP contribution < -0.4 is 14.8 Å². The van der Waals surface area contributed by atoms with Gasteiger partial charge in [-0.1, -0.05) is 70.0 Å². The van der Waals surface area contributed by atoms with Crippen molar-refractivity contribution in [1.82, 2.24) is 5.32 Å². The Balaban J connectivity index is 1.75. The smallest absolute Gasteiger partial charge is 0.262 e. The van der Waals surface area contributed by atoms with Crippen LogP contribution in [0.4, 0.5) is 0 Å². The van der Waals surface area contributed by atoms with Gasteiger partial charge in [-0.3, -0.25) is 4.79 Å². The van der Waals surface area contributed by atoms with Gasteiger partial charge in [-0.25, -0.2) is 0 Å². The lowest BCUT2D eigenvalue weighted by Crippen LogP contribution is -2.23. The van der Waals surface area contributed by atoms with Crippen LogP contribution in [0.5, 0.6) is 11.5 Å². The summed E-state index contributed by atoms with van der Waals surface area (Å²) in [6, 6.07) is 22.3. The first-order valence-corrected chi connectivity index (χ1v) is 10.9. The van der Waals surface area contributed by atoms with Gasteiger partial charge in [-0.2, -0.15) is 5.26 Å². The molecule has 5 nitrogen and oxygen atoms in total. The van der Waals surface area contributed by atoms with E-state index in [4.69, 9.17) is 21.1 Å². The van der Waals surface area contributed by atoms with Gasteiger partial charge in [0.15, 0.2) is 11.5 Å². The molecule has 0 saturated carbocycles. The number of carbonyl (C=O) groups is 1. The van der Waals surface area contributed by atoms with Crippen molar-refractivity contribution >= 4 is 39.5 Å². The lowest BCUT2D eigenvalue weighted by Gasteiger charge is -2.13. The third-order valence-corrected chi connectivity index (χ3v) is 5.49. The largest absolute Gasteiger partial charge is 0.493 e. The molecule has 0 spiro atoms. The second-order valence-electron chi connectivity index (χ2n) is 6.78. The molecule has 0 heterocycles.